The minimum atomic E-state index is -1.07. The fourth-order valence-electron chi connectivity index (χ4n) is 3.94. The highest BCUT2D eigenvalue weighted by Gasteiger charge is 2.25. The van der Waals surface area contributed by atoms with Gasteiger partial charge in [0.05, 0.1) is 10.9 Å². The van der Waals surface area contributed by atoms with Crippen LogP contribution in [0.1, 0.15) is 31.4 Å². The third-order valence-electron chi connectivity index (χ3n) is 5.22. The first kappa shape index (κ1) is 18.5. The lowest BCUT2D eigenvalue weighted by Crippen LogP contribution is -2.26. The number of aromatic nitrogens is 4. The van der Waals surface area contributed by atoms with Gasteiger partial charge < -0.3 is 10.0 Å². The molecule has 3 heterocycles. The van der Waals surface area contributed by atoms with Crippen LogP contribution in [0.15, 0.2) is 42.7 Å². The van der Waals surface area contributed by atoms with Crippen LogP contribution in [0.3, 0.4) is 0 Å². The monoisotopic (exact) mass is 401 g/mol. The molecule has 2 aromatic heterocycles. The second kappa shape index (κ2) is 6.78. The molecule has 0 atom stereocenters. The molecule has 1 aliphatic heterocycles. The molecule has 2 aromatic carbocycles. The van der Waals surface area contributed by atoms with Crippen molar-refractivity contribution in [2.75, 3.05) is 11.4 Å². The molecule has 0 bridgehead atoms. The van der Waals surface area contributed by atoms with Crippen molar-refractivity contribution in [1.82, 2.24) is 19.6 Å². The molecule has 0 spiro atoms. The number of aliphatic hydroxyl groups is 1. The fraction of sp³-hybridized carbons (Fsp3) is 0.261. The van der Waals surface area contributed by atoms with Crippen LogP contribution in [0.5, 0.6) is 0 Å². The Kier molecular flexibility index (Phi) is 4.19. The van der Waals surface area contributed by atoms with Crippen molar-refractivity contribution in [3.8, 4) is 11.8 Å². The SMILES string of the molecule is CC(C)(O)C#Cc1cccc2c1CCCN2c1nc2nncn2c2cccc(F)c12. The maximum atomic E-state index is 15.0. The summed E-state index contributed by atoms with van der Waals surface area (Å²) in [5, 5.41) is 18.5. The summed E-state index contributed by atoms with van der Waals surface area (Å²) in [5.74, 6) is 6.62. The molecule has 7 heteroatoms. The summed E-state index contributed by atoms with van der Waals surface area (Å²) < 4.78 is 16.7. The highest BCUT2D eigenvalue weighted by atomic mass is 19.1. The largest absolute Gasteiger partial charge is 0.378 e. The Morgan fingerprint density at radius 1 is 1.17 bits per heavy atom. The number of halogens is 1. The highest BCUT2D eigenvalue weighted by molar-refractivity contribution is 5.94. The maximum Gasteiger partial charge on any atom is 0.257 e. The number of hydrogen-bond acceptors (Lipinski definition) is 5. The van der Waals surface area contributed by atoms with Crippen molar-refractivity contribution in [3.05, 3.63) is 59.7 Å². The summed E-state index contributed by atoms with van der Waals surface area (Å²) in [6, 6.07) is 10.9. The highest BCUT2D eigenvalue weighted by Crippen LogP contribution is 2.38. The molecule has 0 radical (unpaired) electrons. The Morgan fingerprint density at radius 2 is 2.00 bits per heavy atom. The number of rotatable bonds is 1. The molecule has 4 aromatic rings. The van der Waals surface area contributed by atoms with Gasteiger partial charge in [-0.2, -0.15) is 4.98 Å². The van der Waals surface area contributed by atoms with Gasteiger partial charge in [0.15, 0.2) is 0 Å². The number of hydrogen-bond donors (Lipinski definition) is 1. The molecule has 150 valence electrons. The predicted octanol–water partition coefficient (Wildman–Crippen LogP) is 3.62. The van der Waals surface area contributed by atoms with Crippen molar-refractivity contribution in [1.29, 1.82) is 0 Å². The molecule has 0 fully saturated rings. The van der Waals surface area contributed by atoms with Crippen molar-refractivity contribution in [3.63, 3.8) is 0 Å². The summed E-state index contributed by atoms with van der Waals surface area (Å²) in [4.78, 5) is 6.70. The van der Waals surface area contributed by atoms with Crippen LogP contribution in [0.2, 0.25) is 0 Å². The average Bonchev–Trinajstić information content (AvgIpc) is 3.20. The molecular weight excluding hydrogens is 381 g/mol. The second-order valence-electron chi connectivity index (χ2n) is 7.94. The molecule has 0 unspecified atom stereocenters. The van der Waals surface area contributed by atoms with E-state index in [2.05, 4.69) is 27.0 Å². The second-order valence-corrected chi connectivity index (χ2v) is 7.94. The number of anilines is 2. The molecule has 1 N–H and O–H groups in total. The lowest BCUT2D eigenvalue weighted by Gasteiger charge is -2.32. The summed E-state index contributed by atoms with van der Waals surface area (Å²) in [5.41, 5.74) is 2.49. The molecule has 6 nitrogen and oxygen atoms in total. The van der Waals surface area contributed by atoms with E-state index < -0.39 is 5.60 Å². The first-order valence-electron chi connectivity index (χ1n) is 9.85. The summed E-state index contributed by atoms with van der Waals surface area (Å²) in [6.07, 6.45) is 3.28. The van der Waals surface area contributed by atoms with Crippen LogP contribution in [-0.4, -0.2) is 36.8 Å². The van der Waals surface area contributed by atoms with Crippen molar-refractivity contribution in [2.45, 2.75) is 32.3 Å². The Morgan fingerprint density at radius 3 is 2.83 bits per heavy atom. The zero-order valence-electron chi connectivity index (χ0n) is 16.7. The first-order valence-corrected chi connectivity index (χ1v) is 9.85. The minimum Gasteiger partial charge on any atom is -0.378 e. The fourth-order valence-corrected chi connectivity index (χ4v) is 3.94. The van der Waals surface area contributed by atoms with Gasteiger partial charge in [0, 0.05) is 17.8 Å². The van der Waals surface area contributed by atoms with E-state index in [9.17, 15) is 9.50 Å². The van der Waals surface area contributed by atoms with Gasteiger partial charge in [-0.25, -0.2) is 4.39 Å². The zero-order valence-corrected chi connectivity index (χ0v) is 16.7. The predicted molar refractivity (Wildman–Crippen MR) is 113 cm³/mol. The standard InChI is InChI=1S/C23H20FN5O/c1-23(2,30)12-11-15-6-3-9-18-16(15)7-5-13-28(18)21-20-17(24)8-4-10-19(20)29-14-25-27-22(29)26-21/h3-4,6,8-10,14,30H,5,7,13H2,1-2H3. The third kappa shape index (κ3) is 3.06. The number of nitrogens with zero attached hydrogens (tertiary/aromatic N) is 5. The van der Waals surface area contributed by atoms with Crippen molar-refractivity contribution >= 4 is 28.2 Å². The Bertz CT molecular complexity index is 1340. The van der Waals surface area contributed by atoms with E-state index in [1.807, 2.05) is 29.2 Å². The van der Waals surface area contributed by atoms with E-state index in [-0.39, 0.29) is 5.82 Å². The van der Waals surface area contributed by atoms with Crippen molar-refractivity contribution in [2.24, 2.45) is 0 Å². The molecule has 0 aliphatic carbocycles. The Hall–Kier alpha value is -3.50. The van der Waals surface area contributed by atoms with Gasteiger partial charge >= 0.3 is 0 Å². The molecule has 0 saturated carbocycles. The molecule has 0 saturated heterocycles. The van der Waals surface area contributed by atoms with E-state index in [1.54, 1.807) is 30.6 Å². The Balaban J connectivity index is 1.74. The minimum absolute atomic E-state index is 0.337. The van der Waals surface area contributed by atoms with Gasteiger partial charge in [0.2, 0.25) is 0 Å². The van der Waals surface area contributed by atoms with Gasteiger partial charge in [-0.05, 0) is 56.5 Å². The molecule has 5 rings (SSSR count). The molecule has 1 aliphatic rings. The smallest absolute Gasteiger partial charge is 0.257 e. The van der Waals surface area contributed by atoms with Crippen LogP contribution in [-0.2, 0) is 6.42 Å². The van der Waals surface area contributed by atoms with E-state index in [0.717, 1.165) is 29.7 Å². The lowest BCUT2D eigenvalue weighted by molar-refractivity contribution is 0.143. The maximum absolute atomic E-state index is 15.0. The number of fused-ring (bicyclic) bond motifs is 4. The van der Waals surface area contributed by atoms with Gasteiger partial charge in [-0.15, -0.1) is 10.2 Å². The quantitative estimate of drug-likeness (QED) is 0.494. The summed E-state index contributed by atoms with van der Waals surface area (Å²) in [6.45, 7) is 4.03. The van der Waals surface area contributed by atoms with Gasteiger partial charge in [0.25, 0.3) is 5.78 Å². The van der Waals surface area contributed by atoms with E-state index in [4.69, 9.17) is 0 Å². The van der Waals surface area contributed by atoms with Crippen molar-refractivity contribution < 1.29 is 9.50 Å². The van der Waals surface area contributed by atoms with Gasteiger partial charge in [0.1, 0.15) is 23.6 Å². The molecule has 0 amide bonds. The third-order valence-corrected chi connectivity index (χ3v) is 5.22. The normalized spacial score (nSPS) is 13.9. The number of benzene rings is 2. The van der Waals surface area contributed by atoms with Crippen LogP contribution < -0.4 is 4.90 Å². The summed E-state index contributed by atoms with van der Waals surface area (Å²) >= 11 is 0. The first-order chi connectivity index (χ1) is 14.4. The average molecular weight is 401 g/mol. The Labute approximate surface area is 173 Å². The van der Waals surface area contributed by atoms with Crippen LogP contribution in [0, 0.1) is 17.7 Å². The van der Waals surface area contributed by atoms with E-state index in [1.165, 1.54) is 6.07 Å². The van der Waals surface area contributed by atoms with Crippen LogP contribution >= 0.6 is 0 Å². The van der Waals surface area contributed by atoms with E-state index >= 15 is 0 Å². The van der Waals surface area contributed by atoms with Crippen LogP contribution in [0.25, 0.3) is 16.7 Å². The van der Waals surface area contributed by atoms with Gasteiger partial charge in [-0.3, -0.25) is 4.40 Å². The van der Waals surface area contributed by atoms with Crippen LogP contribution in [0.4, 0.5) is 15.9 Å². The zero-order chi connectivity index (χ0) is 20.9. The summed E-state index contributed by atoms with van der Waals surface area (Å²) in [7, 11) is 0. The van der Waals surface area contributed by atoms with E-state index in [0.29, 0.717) is 29.0 Å². The molecular formula is C23H20FN5O. The van der Waals surface area contributed by atoms with Gasteiger partial charge in [-0.1, -0.05) is 24.0 Å². The topological polar surface area (TPSA) is 66.5 Å². The lowest BCUT2D eigenvalue weighted by atomic mass is 9.95. The molecule has 30 heavy (non-hydrogen) atoms.